The molecule has 0 N–H and O–H groups in total. The van der Waals surface area contributed by atoms with Crippen molar-refractivity contribution in [1.29, 1.82) is 0 Å². The molecule has 1 fully saturated rings. The lowest BCUT2D eigenvalue weighted by Crippen LogP contribution is -2.48. The molecule has 3 heteroatoms. The normalized spacial score (nSPS) is 25.7. The molecule has 14 heavy (non-hydrogen) atoms. The second kappa shape index (κ2) is 4.03. The Hall–Kier alpha value is 0.270. The molecule has 0 aromatic heterocycles. The van der Waals surface area contributed by atoms with E-state index in [1.807, 2.05) is 13.8 Å². The second-order valence-electron chi connectivity index (χ2n) is 5.29. The molecule has 84 valence electrons. The van der Waals surface area contributed by atoms with E-state index in [-0.39, 0.29) is 10.5 Å². The molecule has 0 aromatic carbocycles. The Balaban J connectivity index is 2.64. The molecule has 0 radical (unpaired) electrons. The van der Waals surface area contributed by atoms with Crippen LogP contribution in [0.5, 0.6) is 0 Å². The zero-order chi connectivity index (χ0) is 11.0. The maximum absolute atomic E-state index is 6.00. The summed E-state index contributed by atoms with van der Waals surface area (Å²) in [7, 11) is 2.17. The predicted octanol–water partition coefficient (Wildman–Crippen LogP) is 2.54. The van der Waals surface area contributed by atoms with E-state index in [0.29, 0.717) is 6.04 Å². The van der Waals surface area contributed by atoms with Gasteiger partial charge in [0.15, 0.2) is 0 Å². The number of nitrogens with zero attached hydrogens (tertiary/aromatic N) is 1. The average Bonchev–Trinajstić information content (AvgIpc) is 2.29. The van der Waals surface area contributed by atoms with Gasteiger partial charge in [0.2, 0.25) is 0 Å². The molecular formula is C11H23NOS. The van der Waals surface area contributed by atoms with Gasteiger partial charge in [-0.15, -0.1) is 12.6 Å². The fourth-order valence-corrected chi connectivity index (χ4v) is 2.74. The molecule has 0 bridgehead atoms. The highest BCUT2D eigenvalue weighted by Crippen LogP contribution is 2.32. The molecule has 0 aliphatic carbocycles. The lowest BCUT2D eigenvalue weighted by atomic mass is 9.96. The molecule has 1 aliphatic rings. The Kier molecular flexibility index (Phi) is 3.55. The third kappa shape index (κ3) is 3.14. The van der Waals surface area contributed by atoms with E-state index in [0.717, 1.165) is 0 Å². The summed E-state index contributed by atoms with van der Waals surface area (Å²) in [5.74, 6) is 0. The van der Waals surface area contributed by atoms with Crippen molar-refractivity contribution < 1.29 is 4.74 Å². The average molecular weight is 217 g/mol. The van der Waals surface area contributed by atoms with Crippen molar-refractivity contribution in [3.05, 3.63) is 0 Å². The Morgan fingerprint density at radius 1 is 1.29 bits per heavy atom. The highest BCUT2D eigenvalue weighted by Gasteiger charge is 2.39. The Labute approximate surface area is 93.4 Å². The largest absolute Gasteiger partial charge is 0.358 e. The van der Waals surface area contributed by atoms with Crippen molar-refractivity contribution in [3.63, 3.8) is 0 Å². The Morgan fingerprint density at radius 2 is 1.86 bits per heavy atom. The van der Waals surface area contributed by atoms with Gasteiger partial charge in [0.1, 0.15) is 4.93 Å². The summed E-state index contributed by atoms with van der Waals surface area (Å²) >= 11 is 4.43. The first-order valence-corrected chi connectivity index (χ1v) is 5.80. The number of likely N-dealkylation sites (N-methyl/N-ethyl adjacent to an activating group) is 1. The highest BCUT2D eigenvalue weighted by molar-refractivity contribution is 7.81. The van der Waals surface area contributed by atoms with Crippen molar-refractivity contribution in [3.8, 4) is 0 Å². The van der Waals surface area contributed by atoms with Crippen LogP contribution < -0.4 is 0 Å². The van der Waals surface area contributed by atoms with Gasteiger partial charge in [-0.1, -0.05) is 0 Å². The third-order valence-corrected chi connectivity index (χ3v) is 2.93. The molecule has 0 spiro atoms. The van der Waals surface area contributed by atoms with Crippen molar-refractivity contribution >= 4 is 12.6 Å². The van der Waals surface area contributed by atoms with Crippen molar-refractivity contribution in [1.82, 2.24) is 4.90 Å². The van der Waals surface area contributed by atoms with Gasteiger partial charge in [-0.2, -0.15) is 0 Å². The third-order valence-electron chi connectivity index (χ3n) is 2.84. The number of thiol groups is 1. The topological polar surface area (TPSA) is 12.5 Å². The minimum atomic E-state index is -0.354. The second-order valence-corrected chi connectivity index (χ2v) is 6.37. The molecule has 1 rings (SSSR count). The van der Waals surface area contributed by atoms with Crippen LogP contribution in [0.1, 0.15) is 40.5 Å². The quantitative estimate of drug-likeness (QED) is 0.576. The van der Waals surface area contributed by atoms with Crippen LogP contribution >= 0.6 is 12.6 Å². The molecule has 0 aromatic rings. The first-order chi connectivity index (χ1) is 6.22. The Bertz CT molecular complexity index is 198. The number of rotatable bonds is 3. The number of ether oxygens (including phenoxy) is 1. The fourth-order valence-electron chi connectivity index (χ4n) is 2.50. The van der Waals surface area contributed by atoms with E-state index in [4.69, 9.17) is 4.74 Å². The molecule has 1 aliphatic heterocycles. The first-order valence-electron chi connectivity index (χ1n) is 5.35. The van der Waals surface area contributed by atoms with E-state index >= 15 is 0 Å². The van der Waals surface area contributed by atoms with E-state index in [9.17, 15) is 0 Å². The SMILES string of the molecule is CN1CCC[C@H]1C(C)(C)OC(C)(C)S. The van der Waals surface area contributed by atoms with Crippen LogP contribution in [0.2, 0.25) is 0 Å². The standard InChI is InChI=1S/C11H23NOS/c1-10(2,13-11(3,4)14)9-7-6-8-12(9)5/h9,14H,6-8H2,1-5H3/t9-/m0/s1. The lowest BCUT2D eigenvalue weighted by molar-refractivity contribution is -0.108. The van der Waals surface area contributed by atoms with Gasteiger partial charge < -0.3 is 9.64 Å². The molecule has 0 amide bonds. The monoisotopic (exact) mass is 217 g/mol. The number of hydrogen-bond donors (Lipinski definition) is 1. The summed E-state index contributed by atoms with van der Waals surface area (Å²) < 4.78 is 6.00. The van der Waals surface area contributed by atoms with Crippen LogP contribution in [0, 0.1) is 0 Å². The minimum absolute atomic E-state index is 0.115. The molecule has 0 saturated carbocycles. The van der Waals surface area contributed by atoms with Crippen LogP contribution in [0.4, 0.5) is 0 Å². The summed E-state index contributed by atoms with van der Waals surface area (Å²) in [5, 5.41) is 0. The van der Waals surface area contributed by atoms with Gasteiger partial charge in [0.05, 0.1) is 5.60 Å². The minimum Gasteiger partial charge on any atom is -0.358 e. The van der Waals surface area contributed by atoms with Crippen LogP contribution in [-0.2, 0) is 4.74 Å². The van der Waals surface area contributed by atoms with E-state index < -0.39 is 0 Å². The fraction of sp³-hybridized carbons (Fsp3) is 1.00. The van der Waals surface area contributed by atoms with E-state index in [1.54, 1.807) is 0 Å². The highest BCUT2D eigenvalue weighted by atomic mass is 32.1. The van der Waals surface area contributed by atoms with Gasteiger partial charge in [0, 0.05) is 6.04 Å². The van der Waals surface area contributed by atoms with Crippen LogP contribution in [0.25, 0.3) is 0 Å². The van der Waals surface area contributed by atoms with Crippen molar-refractivity contribution in [2.24, 2.45) is 0 Å². The van der Waals surface area contributed by atoms with Crippen molar-refractivity contribution in [2.75, 3.05) is 13.6 Å². The summed E-state index contributed by atoms with van der Waals surface area (Å²) in [5.41, 5.74) is -0.115. The van der Waals surface area contributed by atoms with Gasteiger partial charge in [-0.3, -0.25) is 0 Å². The molecule has 1 atom stereocenters. The Morgan fingerprint density at radius 3 is 2.21 bits per heavy atom. The number of hydrogen-bond acceptors (Lipinski definition) is 3. The summed E-state index contributed by atoms with van der Waals surface area (Å²) in [6, 6.07) is 0.522. The molecule has 1 saturated heterocycles. The molecule has 1 heterocycles. The maximum atomic E-state index is 6.00. The van der Waals surface area contributed by atoms with Crippen LogP contribution in [0.3, 0.4) is 0 Å². The zero-order valence-electron chi connectivity index (χ0n) is 10.0. The van der Waals surface area contributed by atoms with Crippen LogP contribution in [0.15, 0.2) is 0 Å². The maximum Gasteiger partial charge on any atom is 0.106 e. The molecule has 2 nitrogen and oxygen atoms in total. The van der Waals surface area contributed by atoms with Gasteiger partial charge in [-0.05, 0) is 54.1 Å². The lowest BCUT2D eigenvalue weighted by Gasteiger charge is -2.40. The molecule has 0 unspecified atom stereocenters. The van der Waals surface area contributed by atoms with Gasteiger partial charge in [0.25, 0.3) is 0 Å². The predicted molar refractivity (Wildman–Crippen MR) is 63.9 cm³/mol. The summed E-state index contributed by atoms with van der Waals surface area (Å²) in [4.78, 5) is 2.03. The number of likely N-dealkylation sites (tertiary alicyclic amines) is 1. The summed E-state index contributed by atoms with van der Waals surface area (Å²) in [6.45, 7) is 9.50. The van der Waals surface area contributed by atoms with Crippen LogP contribution in [-0.4, -0.2) is 35.1 Å². The molecular weight excluding hydrogens is 194 g/mol. The smallest absolute Gasteiger partial charge is 0.106 e. The van der Waals surface area contributed by atoms with E-state index in [2.05, 4.69) is 38.4 Å². The first kappa shape index (κ1) is 12.3. The van der Waals surface area contributed by atoms with Gasteiger partial charge in [-0.25, -0.2) is 0 Å². The zero-order valence-corrected chi connectivity index (χ0v) is 10.9. The summed E-state index contributed by atoms with van der Waals surface area (Å²) in [6.07, 6.45) is 2.51. The van der Waals surface area contributed by atoms with Gasteiger partial charge >= 0.3 is 0 Å². The van der Waals surface area contributed by atoms with E-state index in [1.165, 1.54) is 19.4 Å². The van der Waals surface area contributed by atoms with Crippen molar-refractivity contribution in [2.45, 2.75) is 57.1 Å².